The molecule has 0 fully saturated rings. The predicted molar refractivity (Wildman–Crippen MR) is 87.7 cm³/mol. The summed E-state index contributed by atoms with van der Waals surface area (Å²) in [5.74, 6) is -1.99. The molecule has 0 spiro atoms. The quantitative estimate of drug-likeness (QED) is 0.661. The molecular weight excluding hydrogens is 333 g/mol. The molecule has 0 heterocycles. The van der Waals surface area contributed by atoms with Gasteiger partial charge in [0.25, 0.3) is 0 Å². The summed E-state index contributed by atoms with van der Waals surface area (Å²) in [5.41, 5.74) is 6.04. The Morgan fingerprint density at radius 1 is 1.17 bits per heavy atom. The molecule has 2 N–H and O–H groups in total. The Bertz CT molecular complexity index is 837. The summed E-state index contributed by atoms with van der Waals surface area (Å²) in [6, 6.07) is 11.6. The van der Waals surface area contributed by atoms with Crippen molar-refractivity contribution in [3.8, 4) is 5.75 Å². The molecule has 7 heteroatoms. The third-order valence-electron chi connectivity index (χ3n) is 3.65. The molecule has 0 aromatic heterocycles. The molecule has 2 rings (SSSR count). The minimum absolute atomic E-state index is 0.0513. The van der Waals surface area contributed by atoms with Crippen molar-refractivity contribution in [1.82, 2.24) is 0 Å². The monoisotopic (exact) mass is 351 g/mol. The van der Waals surface area contributed by atoms with Gasteiger partial charge in [-0.1, -0.05) is 31.2 Å². The summed E-state index contributed by atoms with van der Waals surface area (Å²) in [4.78, 5) is 11.0. The maximum absolute atomic E-state index is 14.3. The van der Waals surface area contributed by atoms with Gasteiger partial charge in [0.05, 0.1) is 4.90 Å². The Kier molecular flexibility index (Phi) is 5.36. The zero-order valence-corrected chi connectivity index (χ0v) is 14.1. The van der Waals surface area contributed by atoms with Crippen LogP contribution in [-0.2, 0) is 14.6 Å². The van der Waals surface area contributed by atoms with Crippen molar-refractivity contribution in [1.29, 1.82) is 0 Å². The van der Waals surface area contributed by atoms with Crippen LogP contribution >= 0.6 is 0 Å². The highest BCUT2D eigenvalue weighted by atomic mass is 32.2. The average molecular weight is 351 g/mol. The van der Waals surface area contributed by atoms with E-state index >= 15 is 0 Å². The van der Waals surface area contributed by atoms with E-state index in [2.05, 4.69) is 0 Å². The molecule has 128 valence electrons. The molecule has 2 aromatic carbocycles. The van der Waals surface area contributed by atoms with Crippen LogP contribution in [0.3, 0.4) is 0 Å². The van der Waals surface area contributed by atoms with Crippen molar-refractivity contribution in [3.05, 3.63) is 59.9 Å². The zero-order chi connectivity index (χ0) is 17.9. The molecule has 0 saturated heterocycles. The number of ether oxygens (including phenoxy) is 1. The third-order valence-corrected chi connectivity index (χ3v) is 5.70. The molecule has 0 aliphatic heterocycles. The highest BCUT2D eigenvalue weighted by Crippen LogP contribution is 2.29. The minimum atomic E-state index is -3.81. The van der Waals surface area contributed by atoms with Crippen molar-refractivity contribution < 1.29 is 22.3 Å². The second kappa shape index (κ2) is 7.11. The Morgan fingerprint density at radius 3 is 2.33 bits per heavy atom. The summed E-state index contributed by atoms with van der Waals surface area (Å²) < 4.78 is 44.2. The average Bonchev–Trinajstić information content (AvgIpc) is 2.54. The number of carbonyl (C=O) groups is 1. The lowest BCUT2D eigenvalue weighted by atomic mass is 10.0. The fraction of sp³-hybridized carbons (Fsp3) is 0.235. The number of benzene rings is 2. The van der Waals surface area contributed by atoms with Gasteiger partial charge in [0.2, 0.25) is 0 Å². The molecule has 2 atom stereocenters. The van der Waals surface area contributed by atoms with E-state index < -0.39 is 32.9 Å². The van der Waals surface area contributed by atoms with Crippen LogP contribution in [0.15, 0.2) is 53.4 Å². The number of halogens is 1. The predicted octanol–water partition coefficient (Wildman–Crippen LogP) is 2.61. The van der Waals surface area contributed by atoms with Crippen LogP contribution in [0.2, 0.25) is 0 Å². The van der Waals surface area contributed by atoms with E-state index in [9.17, 15) is 17.6 Å². The highest BCUT2D eigenvalue weighted by molar-refractivity contribution is 7.92. The number of esters is 1. The van der Waals surface area contributed by atoms with Gasteiger partial charge in [0.1, 0.15) is 16.9 Å². The molecule has 0 bridgehead atoms. The van der Waals surface area contributed by atoms with Crippen molar-refractivity contribution in [2.75, 3.05) is 0 Å². The molecule has 2 aromatic rings. The van der Waals surface area contributed by atoms with Crippen LogP contribution in [0, 0.1) is 5.82 Å². The number of rotatable bonds is 5. The Balaban J connectivity index is 2.31. The van der Waals surface area contributed by atoms with Gasteiger partial charge in [-0.05, 0) is 23.8 Å². The zero-order valence-electron chi connectivity index (χ0n) is 13.3. The molecule has 0 aliphatic rings. The van der Waals surface area contributed by atoms with Gasteiger partial charge in [0.15, 0.2) is 9.84 Å². The Hall–Kier alpha value is -2.25. The number of hydrogen-bond donors (Lipinski definition) is 1. The number of carbonyl (C=O) groups excluding carboxylic acids is 1. The van der Waals surface area contributed by atoms with Crippen molar-refractivity contribution in [2.24, 2.45) is 5.73 Å². The number of hydrogen-bond acceptors (Lipinski definition) is 5. The highest BCUT2D eigenvalue weighted by Gasteiger charge is 2.31. The molecule has 0 aliphatic carbocycles. The number of nitrogens with two attached hydrogens (primary N) is 1. The van der Waals surface area contributed by atoms with Crippen molar-refractivity contribution in [3.63, 3.8) is 0 Å². The van der Waals surface area contributed by atoms with E-state index in [1.807, 2.05) is 0 Å². The molecule has 0 amide bonds. The first kappa shape index (κ1) is 18.1. The fourth-order valence-corrected chi connectivity index (χ4v) is 3.85. The van der Waals surface area contributed by atoms with E-state index in [0.717, 1.165) is 6.07 Å². The van der Waals surface area contributed by atoms with Crippen LogP contribution in [0.5, 0.6) is 5.75 Å². The van der Waals surface area contributed by atoms with Gasteiger partial charge in [-0.15, -0.1) is 0 Å². The minimum Gasteiger partial charge on any atom is -0.427 e. The van der Waals surface area contributed by atoms with E-state index in [-0.39, 0.29) is 16.2 Å². The second-order valence-electron chi connectivity index (χ2n) is 5.39. The van der Waals surface area contributed by atoms with Gasteiger partial charge >= 0.3 is 5.97 Å². The van der Waals surface area contributed by atoms with Crippen LogP contribution in [0.25, 0.3) is 0 Å². The van der Waals surface area contributed by atoms with E-state index in [1.54, 1.807) is 18.2 Å². The second-order valence-corrected chi connectivity index (χ2v) is 7.49. The molecule has 24 heavy (non-hydrogen) atoms. The standard InChI is InChI=1S/C17H18FNO4S/c1-11(15-9-8-13(10-16(15)18)23-12(2)20)17(19)24(21,22)14-6-4-3-5-7-14/h3-11,17H,19H2,1-2H3. The number of sulfone groups is 1. The molecule has 5 nitrogen and oxygen atoms in total. The Labute approximate surface area is 140 Å². The van der Waals surface area contributed by atoms with Crippen molar-refractivity contribution >= 4 is 15.8 Å². The van der Waals surface area contributed by atoms with Crippen LogP contribution in [-0.4, -0.2) is 19.8 Å². The van der Waals surface area contributed by atoms with Crippen LogP contribution in [0.4, 0.5) is 4.39 Å². The smallest absolute Gasteiger partial charge is 0.308 e. The van der Waals surface area contributed by atoms with Gasteiger partial charge in [-0.2, -0.15) is 0 Å². The lowest BCUT2D eigenvalue weighted by Gasteiger charge is -2.21. The van der Waals surface area contributed by atoms with Gasteiger partial charge in [0, 0.05) is 18.9 Å². The van der Waals surface area contributed by atoms with Gasteiger partial charge in [-0.3, -0.25) is 4.79 Å². The van der Waals surface area contributed by atoms with Gasteiger partial charge < -0.3 is 10.5 Å². The summed E-state index contributed by atoms with van der Waals surface area (Å²) in [6.45, 7) is 2.74. The summed E-state index contributed by atoms with van der Waals surface area (Å²) in [5, 5.41) is -1.31. The van der Waals surface area contributed by atoms with Crippen LogP contribution in [0.1, 0.15) is 25.3 Å². The normalized spacial score (nSPS) is 14.0. The van der Waals surface area contributed by atoms with Crippen LogP contribution < -0.4 is 10.5 Å². The first-order valence-corrected chi connectivity index (χ1v) is 8.80. The largest absolute Gasteiger partial charge is 0.427 e. The third kappa shape index (κ3) is 3.80. The fourth-order valence-electron chi connectivity index (χ4n) is 2.32. The topological polar surface area (TPSA) is 86.5 Å². The van der Waals surface area contributed by atoms with Crippen molar-refractivity contribution in [2.45, 2.75) is 30.0 Å². The van der Waals surface area contributed by atoms with E-state index in [0.29, 0.717) is 0 Å². The molecule has 0 saturated carbocycles. The first-order chi connectivity index (χ1) is 11.2. The SMILES string of the molecule is CC(=O)Oc1ccc(C(C)C(N)S(=O)(=O)c2ccccc2)c(F)c1. The maximum Gasteiger partial charge on any atom is 0.308 e. The maximum atomic E-state index is 14.3. The lowest BCUT2D eigenvalue weighted by molar-refractivity contribution is -0.131. The van der Waals surface area contributed by atoms with E-state index in [1.165, 1.54) is 38.1 Å². The summed E-state index contributed by atoms with van der Waals surface area (Å²) >= 11 is 0. The molecule has 0 radical (unpaired) electrons. The summed E-state index contributed by atoms with van der Waals surface area (Å²) in [6.07, 6.45) is 0. The summed E-state index contributed by atoms with van der Waals surface area (Å²) in [7, 11) is -3.81. The van der Waals surface area contributed by atoms with Gasteiger partial charge in [-0.25, -0.2) is 12.8 Å². The van der Waals surface area contributed by atoms with E-state index in [4.69, 9.17) is 10.5 Å². The Morgan fingerprint density at radius 2 is 1.79 bits per heavy atom. The molecular formula is C17H18FNO4S. The first-order valence-electron chi connectivity index (χ1n) is 7.26. The molecule has 2 unspecified atom stereocenters. The lowest BCUT2D eigenvalue weighted by Crippen LogP contribution is -2.36.